The maximum absolute atomic E-state index is 14.4. The normalized spacial score (nSPS) is 31.1. The van der Waals surface area contributed by atoms with Gasteiger partial charge in [0, 0.05) is 36.5 Å². The van der Waals surface area contributed by atoms with E-state index in [1.54, 1.807) is 17.0 Å². The van der Waals surface area contributed by atoms with E-state index in [-0.39, 0.29) is 41.6 Å². The Morgan fingerprint density at radius 2 is 1.83 bits per heavy atom. The van der Waals surface area contributed by atoms with Gasteiger partial charge in [-0.15, -0.1) is 0 Å². The second kappa shape index (κ2) is 9.49. The minimum absolute atomic E-state index is 0.165. The summed E-state index contributed by atoms with van der Waals surface area (Å²) in [6.07, 6.45) is 5.78. The van der Waals surface area contributed by atoms with Crippen LogP contribution >= 0.6 is 0 Å². The van der Waals surface area contributed by atoms with Gasteiger partial charge in [-0.3, -0.25) is 4.90 Å². The second-order valence-electron chi connectivity index (χ2n) is 11.0. The number of likely N-dealkylation sites (tertiary alicyclic amines) is 1. The van der Waals surface area contributed by atoms with Gasteiger partial charge < -0.3 is 24.0 Å². The molecule has 4 fully saturated rings. The molecule has 0 N–H and O–H groups in total. The molecule has 1 aromatic rings. The summed E-state index contributed by atoms with van der Waals surface area (Å²) in [5.74, 6) is -0.266. The topological polar surface area (TPSA) is 71.6 Å². The number of halogens is 1. The molecule has 0 aliphatic carbocycles. The van der Waals surface area contributed by atoms with Gasteiger partial charge in [0.2, 0.25) is 0 Å². The summed E-state index contributed by atoms with van der Waals surface area (Å²) in [5, 5.41) is 0. The Morgan fingerprint density at radius 1 is 1.08 bits per heavy atom. The first-order chi connectivity index (χ1) is 17.5. The van der Waals surface area contributed by atoms with Crippen LogP contribution in [0, 0.1) is 5.82 Å². The van der Waals surface area contributed by atoms with Gasteiger partial charge in [-0.25, -0.2) is 14.0 Å². The third kappa shape index (κ3) is 4.14. The maximum atomic E-state index is 14.4. The zero-order chi connectivity index (χ0) is 24.9. The summed E-state index contributed by atoms with van der Waals surface area (Å²) in [5.41, 5.74) is 1.44. The Hall–Kier alpha value is -2.39. The summed E-state index contributed by atoms with van der Waals surface area (Å²) in [7, 11) is 0. The molecule has 0 saturated carbocycles. The van der Waals surface area contributed by atoms with Gasteiger partial charge in [-0.2, -0.15) is 0 Å². The van der Waals surface area contributed by atoms with E-state index in [0.717, 1.165) is 62.9 Å². The molecule has 2 amide bonds. The van der Waals surface area contributed by atoms with Crippen LogP contribution in [0.25, 0.3) is 0 Å². The van der Waals surface area contributed by atoms with Crippen molar-refractivity contribution >= 4 is 17.9 Å². The van der Waals surface area contributed by atoms with E-state index in [1.165, 1.54) is 6.07 Å². The lowest BCUT2D eigenvalue weighted by atomic mass is 9.73. The standard InChI is InChI=1S/C27H36FN3O5/c1-2-35-26(33)31-19-4-5-20(31)15-21(14-19)29-10-8-27(9-11-29)17-30(24-6-3-18(28)13-23(24)27)25(32)36-22-7-12-34-16-22/h3,6,13,19-22H,2,4-5,7-12,14-17H2,1H3/t19?,20?,21?,22-/m1/s1. The van der Waals surface area contributed by atoms with Gasteiger partial charge in [0.05, 0.1) is 25.5 Å². The number of amides is 2. The van der Waals surface area contributed by atoms with Crippen LogP contribution in [0.2, 0.25) is 0 Å². The number of hydrogen-bond acceptors (Lipinski definition) is 6. The summed E-state index contributed by atoms with van der Waals surface area (Å²) in [6.45, 7) is 5.64. The van der Waals surface area contributed by atoms with E-state index in [1.807, 2.05) is 11.8 Å². The number of hydrogen-bond donors (Lipinski definition) is 0. The predicted molar refractivity (Wildman–Crippen MR) is 131 cm³/mol. The van der Waals surface area contributed by atoms with E-state index in [2.05, 4.69) is 4.90 Å². The summed E-state index contributed by atoms with van der Waals surface area (Å²) < 4.78 is 30.8. The molecule has 8 nitrogen and oxygen atoms in total. The molecule has 5 heterocycles. The van der Waals surface area contributed by atoms with Crippen LogP contribution in [0.15, 0.2) is 18.2 Å². The lowest BCUT2D eigenvalue weighted by molar-refractivity contribution is 0.0279. The fraction of sp³-hybridized carbons (Fsp3) is 0.704. The molecule has 3 atom stereocenters. The van der Waals surface area contributed by atoms with Crippen LogP contribution < -0.4 is 4.90 Å². The molecule has 4 saturated heterocycles. The monoisotopic (exact) mass is 501 g/mol. The molecule has 2 unspecified atom stereocenters. The molecule has 5 aliphatic rings. The predicted octanol–water partition coefficient (Wildman–Crippen LogP) is 4.06. The first kappa shape index (κ1) is 24.0. The van der Waals surface area contributed by atoms with Crippen molar-refractivity contribution in [1.82, 2.24) is 9.80 Å². The van der Waals surface area contributed by atoms with Crippen LogP contribution in [0.4, 0.5) is 19.7 Å². The van der Waals surface area contributed by atoms with Crippen molar-refractivity contribution in [2.24, 2.45) is 0 Å². The van der Waals surface area contributed by atoms with Crippen molar-refractivity contribution < 1.29 is 28.2 Å². The van der Waals surface area contributed by atoms with Crippen LogP contribution in [0.3, 0.4) is 0 Å². The number of rotatable bonds is 3. The van der Waals surface area contributed by atoms with E-state index in [0.29, 0.717) is 38.8 Å². The highest BCUT2D eigenvalue weighted by Crippen LogP contribution is 2.49. The lowest BCUT2D eigenvalue weighted by Gasteiger charge is -2.47. The third-order valence-electron chi connectivity index (χ3n) is 9.12. The van der Waals surface area contributed by atoms with Gasteiger partial charge in [0.1, 0.15) is 11.9 Å². The van der Waals surface area contributed by atoms with Crippen LogP contribution in [-0.2, 0) is 19.6 Å². The molecule has 0 aromatic heterocycles. The molecule has 0 radical (unpaired) electrons. The highest BCUT2D eigenvalue weighted by Gasteiger charge is 2.50. The van der Waals surface area contributed by atoms with Crippen LogP contribution in [0.5, 0.6) is 0 Å². The molecular formula is C27H36FN3O5. The molecule has 1 spiro atoms. The quantitative estimate of drug-likeness (QED) is 0.622. The SMILES string of the molecule is CCOC(=O)N1C2CCC1CC(N1CCC3(CC1)CN(C(=O)O[C@@H]1CCOC1)c1ccc(F)cc13)C2. The highest BCUT2D eigenvalue weighted by atomic mass is 19.1. The number of anilines is 1. The number of ether oxygens (including phenoxy) is 3. The zero-order valence-corrected chi connectivity index (χ0v) is 21.0. The van der Waals surface area contributed by atoms with Gasteiger partial charge in [-0.1, -0.05) is 0 Å². The minimum atomic E-state index is -0.361. The van der Waals surface area contributed by atoms with Crippen molar-refractivity contribution in [2.75, 3.05) is 44.4 Å². The highest BCUT2D eigenvalue weighted by molar-refractivity contribution is 5.91. The fourth-order valence-corrected chi connectivity index (χ4v) is 7.30. The maximum Gasteiger partial charge on any atom is 0.414 e. The average molecular weight is 502 g/mol. The number of carbonyl (C=O) groups is 2. The lowest BCUT2D eigenvalue weighted by Crippen LogP contribution is -2.55. The van der Waals surface area contributed by atoms with E-state index >= 15 is 0 Å². The average Bonchev–Trinajstić information content (AvgIpc) is 3.56. The van der Waals surface area contributed by atoms with Crippen molar-refractivity contribution in [3.05, 3.63) is 29.6 Å². The summed E-state index contributed by atoms with van der Waals surface area (Å²) >= 11 is 0. The Balaban J connectivity index is 1.14. The molecule has 6 rings (SSSR count). The van der Waals surface area contributed by atoms with Crippen LogP contribution in [-0.4, -0.2) is 85.7 Å². The molecule has 1 aromatic carbocycles. The number of benzene rings is 1. The van der Waals surface area contributed by atoms with Crippen molar-refractivity contribution in [1.29, 1.82) is 0 Å². The van der Waals surface area contributed by atoms with Gasteiger partial charge in [-0.05, 0) is 82.3 Å². The first-order valence-corrected chi connectivity index (χ1v) is 13.5. The Labute approximate surface area is 211 Å². The first-order valence-electron chi connectivity index (χ1n) is 13.5. The Bertz CT molecular complexity index is 993. The molecule has 9 heteroatoms. The van der Waals surface area contributed by atoms with Gasteiger partial charge in [0.25, 0.3) is 0 Å². The second-order valence-corrected chi connectivity index (χ2v) is 11.0. The zero-order valence-electron chi connectivity index (χ0n) is 21.0. The fourth-order valence-electron chi connectivity index (χ4n) is 7.30. The number of nitrogens with zero attached hydrogens (tertiary/aromatic N) is 3. The number of fused-ring (bicyclic) bond motifs is 4. The summed E-state index contributed by atoms with van der Waals surface area (Å²) in [6, 6.07) is 5.74. The molecule has 5 aliphatic heterocycles. The number of carbonyl (C=O) groups excluding carboxylic acids is 2. The third-order valence-corrected chi connectivity index (χ3v) is 9.12. The molecule has 196 valence electrons. The minimum Gasteiger partial charge on any atom is -0.450 e. The summed E-state index contributed by atoms with van der Waals surface area (Å²) in [4.78, 5) is 31.8. The van der Waals surface area contributed by atoms with Crippen molar-refractivity contribution in [2.45, 2.75) is 81.5 Å². The van der Waals surface area contributed by atoms with Crippen LogP contribution in [0.1, 0.15) is 57.4 Å². The molecule has 2 bridgehead atoms. The van der Waals surface area contributed by atoms with Gasteiger partial charge >= 0.3 is 12.2 Å². The van der Waals surface area contributed by atoms with E-state index in [4.69, 9.17) is 14.2 Å². The molecular weight excluding hydrogens is 465 g/mol. The molecule has 36 heavy (non-hydrogen) atoms. The number of piperidine rings is 2. The Kier molecular flexibility index (Phi) is 6.32. The van der Waals surface area contributed by atoms with E-state index in [9.17, 15) is 14.0 Å². The van der Waals surface area contributed by atoms with E-state index < -0.39 is 0 Å². The smallest absolute Gasteiger partial charge is 0.414 e. The van der Waals surface area contributed by atoms with Gasteiger partial charge in [0.15, 0.2) is 0 Å². The largest absolute Gasteiger partial charge is 0.450 e. The Morgan fingerprint density at radius 3 is 2.50 bits per heavy atom. The van der Waals surface area contributed by atoms with Crippen molar-refractivity contribution in [3.8, 4) is 0 Å². The van der Waals surface area contributed by atoms with Crippen molar-refractivity contribution in [3.63, 3.8) is 0 Å².